The maximum atomic E-state index is 6.03. The van der Waals surface area contributed by atoms with Crippen LogP contribution in [0.25, 0.3) is 0 Å². The average Bonchev–Trinajstić information content (AvgIpc) is 3.05. The molecule has 2 N–H and O–H groups in total. The molecule has 3 rings (SSSR count). The lowest BCUT2D eigenvalue weighted by Crippen LogP contribution is -2.08. The number of aryl methyl sites for hydroxylation is 1. The van der Waals surface area contributed by atoms with Crippen LogP contribution in [-0.2, 0) is 11.2 Å². The van der Waals surface area contributed by atoms with Gasteiger partial charge in [0, 0.05) is 12.6 Å². The minimum Gasteiger partial charge on any atom is -0.494 e. The summed E-state index contributed by atoms with van der Waals surface area (Å²) in [4.78, 5) is 0. The zero-order valence-electron chi connectivity index (χ0n) is 11.4. The first-order valence-electron chi connectivity index (χ1n) is 7.46. The van der Waals surface area contributed by atoms with Crippen molar-refractivity contribution in [3.05, 3.63) is 29.3 Å². The molecule has 1 aliphatic heterocycles. The zero-order valence-corrected chi connectivity index (χ0v) is 11.4. The van der Waals surface area contributed by atoms with Gasteiger partial charge in [0.2, 0.25) is 0 Å². The molecule has 1 fully saturated rings. The van der Waals surface area contributed by atoms with Crippen LogP contribution < -0.4 is 10.5 Å². The Kier molecular flexibility index (Phi) is 4.04. The van der Waals surface area contributed by atoms with Crippen LogP contribution in [0.4, 0.5) is 0 Å². The molecule has 0 saturated carbocycles. The second kappa shape index (κ2) is 5.93. The summed E-state index contributed by atoms with van der Waals surface area (Å²) in [7, 11) is 0. The van der Waals surface area contributed by atoms with Crippen molar-refractivity contribution in [3.63, 3.8) is 0 Å². The molecule has 1 aliphatic carbocycles. The van der Waals surface area contributed by atoms with E-state index in [0.717, 1.165) is 44.6 Å². The smallest absolute Gasteiger partial charge is 0.119 e. The number of hydrogen-bond donors (Lipinski definition) is 1. The summed E-state index contributed by atoms with van der Waals surface area (Å²) < 4.78 is 11.4. The maximum absolute atomic E-state index is 6.03. The Morgan fingerprint density at radius 2 is 2.26 bits per heavy atom. The Hall–Kier alpha value is -1.06. The molecular formula is C16H23NO2. The van der Waals surface area contributed by atoms with Crippen LogP contribution in [0.1, 0.15) is 49.3 Å². The molecule has 104 valence electrons. The van der Waals surface area contributed by atoms with Gasteiger partial charge < -0.3 is 15.2 Å². The fraction of sp³-hybridized carbons (Fsp3) is 0.625. The van der Waals surface area contributed by atoms with Gasteiger partial charge in [-0.05, 0) is 61.8 Å². The number of nitrogens with two attached hydrogens (primary N) is 1. The van der Waals surface area contributed by atoms with Crippen molar-refractivity contribution < 1.29 is 9.47 Å². The summed E-state index contributed by atoms with van der Waals surface area (Å²) in [5.41, 5.74) is 8.70. The third-order valence-electron chi connectivity index (χ3n) is 4.20. The van der Waals surface area contributed by atoms with Gasteiger partial charge in [-0.25, -0.2) is 0 Å². The number of ether oxygens (including phenoxy) is 2. The van der Waals surface area contributed by atoms with Gasteiger partial charge in [-0.15, -0.1) is 0 Å². The molecule has 0 radical (unpaired) electrons. The van der Waals surface area contributed by atoms with E-state index in [1.54, 1.807) is 0 Å². The first kappa shape index (κ1) is 12.9. The molecule has 0 amide bonds. The Bertz CT molecular complexity index is 427. The first-order valence-corrected chi connectivity index (χ1v) is 7.46. The van der Waals surface area contributed by atoms with E-state index in [1.165, 1.54) is 24.0 Å². The molecule has 0 spiro atoms. The van der Waals surface area contributed by atoms with Gasteiger partial charge in [0.25, 0.3) is 0 Å². The van der Waals surface area contributed by atoms with Crippen molar-refractivity contribution in [1.29, 1.82) is 0 Å². The monoisotopic (exact) mass is 261 g/mol. The summed E-state index contributed by atoms with van der Waals surface area (Å²) in [5.74, 6) is 0.986. The molecule has 3 nitrogen and oxygen atoms in total. The third-order valence-corrected chi connectivity index (χ3v) is 4.20. The lowest BCUT2D eigenvalue weighted by Gasteiger charge is -2.11. The van der Waals surface area contributed by atoms with Crippen LogP contribution in [-0.4, -0.2) is 19.3 Å². The Labute approximate surface area is 115 Å². The van der Waals surface area contributed by atoms with Crippen LogP contribution in [0.3, 0.4) is 0 Å². The molecule has 1 aromatic rings. The van der Waals surface area contributed by atoms with Crippen LogP contribution in [0.15, 0.2) is 18.2 Å². The standard InChI is InChI=1S/C16H23NO2/c17-16-8-5-12-11-14(6-7-15(12)16)19-10-2-4-13-3-1-9-18-13/h6-7,11,13,16H,1-5,8-10,17H2/t13?,16-/m0/s1. The highest BCUT2D eigenvalue weighted by Crippen LogP contribution is 2.31. The largest absolute Gasteiger partial charge is 0.494 e. The van der Waals surface area contributed by atoms with Crippen LogP contribution in [0.2, 0.25) is 0 Å². The quantitative estimate of drug-likeness (QED) is 0.829. The fourth-order valence-electron chi connectivity index (χ4n) is 3.09. The van der Waals surface area contributed by atoms with Gasteiger partial charge in [0.15, 0.2) is 0 Å². The van der Waals surface area contributed by atoms with Crippen molar-refractivity contribution in [3.8, 4) is 5.75 Å². The summed E-state index contributed by atoms with van der Waals surface area (Å²) >= 11 is 0. The fourth-order valence-corrected chi connectivity index (χ4v) is 3.09. The zero-order chi connectivity index (χ0) is 13.1. The van der Waals surface area contributed by atoms with Crippen molar-refractivity contribution in [1.82, 2.24) is 0 Å². The summed E-state index contributed by atoms with van der Waals surface area (Å²) in [6.45, 7) is 1.72. The van der Waals surface area contributed by atoms with Crippen molar-refractivity contribution in [2.75, 3.05) is 13.2 Å². The Balaban J connectivity index is 1.45. The topological polar surface area (TPSA) is 44.5 Å². The van der Waals surface area contributed by atoms with Crippen molar-refractivity contribution in [2.24, 2.45) is 5.73 Å². The molecule has 0 aromatic heterocycles. The van der Waals surface area contributed by atoms with Gasteiger partial charge >= 0.3 is 0 Å². The molecule has 19 heavy (non-hydrogen) atoms. The van der Waals surface area contributed by atoms with Crippen LogP contribution in [0, 0.1) is 0 Å². The third kappa shape index (κ3) is 3.10. The molecule has 1 heterocycles. The van der Waals surface area contributed by atoms with Crippen LogP contribution in [0.5, 0.6) is 5.75 Å². The number of hydrogen-bond acceptors (Lipinski definition) is 3. The van der Waals surface area contributed by atoms with E-state index in [1.807, 2.05) is 0 Å². The van der Waals surface area contributed by atoms with E-state index < -0.39 is 0 Å². The number of benzene rings is 1. The van der Waals surface area contributed by atoms with Crippen molar-refractivity contribution >= 4 is 0 Å². The summed E-state index contributed by atoms with van der Waals surface area (Å²) in [6.07, 6.45) is 7.26. The molecule has 3 heteroatoms. The molecule has 0 bridgehead atoms. The lowest BCUT2D eigenvalue weighted by molar-refractivity contribution is 0.0981. The van der Waals surface area contributed by atoms with E-state index in [9.17, 15) is 0 Å². The Morgan fingerprint density at radius 1 is 1.32 bits per heavy atom. The summed E-state index contributed by atoms with van der Waals surface area (Å²) in [6, 6.07) is 6.57. The van der Waals surface area contributed by atoms with E-state index in [0.29, 0.717) is 6.10 Å². The molecule has 2 aliphatic rings. The van der Waals surface area contributed by atoms with Gasteiger partial charge in [0.1, 0.15) is 5.75 Å². The van der Waals surface area contributed by atoms with Crippen molar-refractivity contribution in [2.45, 2.75) is 50.7 Å². The predicted octanol–water partition coefficient (Wildman–Crippen LogP) is 2.97. The van der Waals surface area contributed by atoms with Gasteiger partial charge in [-0.2, -0.15) is 0 Å². The van der Waals surface area contributed by atoms with E-state index in [2.05, 4.69) is 18.2 Å². The Morgan fingerprint density at radius 3 is 3.11 bits per heavy atom. The first-order chi connectivity index (χ1) is 9.33. The van der Waals surface area contributed by atoms with Gasteiger partial charge in [-0.1, -0.05) is 6.07 Å². The molecule has 1 unspecified atom stereocenters. The highest BCUT2D eigenvalue weighted by atomic mass is 16.5. The average molecular weight is 261 g/mol. The van der Waals surface area contributed by atoms with E-state index >= 15 is 0 Å². The minimum absolute atomic E-state index is 0.226. The normalized spacial score (nSPS) is 25.5. The second-order valence-corrected chi connectivity index (χ2v) is 5.63. The van der Waals surface area contributed by atoms with Gasteiger partial charge in [-0.3, -0.25) is 0 Å². The summed E-state index contributed by atoms with van der Waals surface area (Å²) in [5, 5.41) is 0. The predicted molar refractivity (Wildman–Crippen MR) is 75.4 cm³/mol. The minimum atomic E-state index is 0.226. The van der Waals surface area contributed by atoms with E-state index in [-0.39, 0.29) is 6.04 Å². The molecular weight excluding hydrogens is 238 g/mol. The lowest BCUT2D eigenvalue weighted by atomic mass is 10.1. The molecule has 1 aromatic carbocycles. The highest BCUT2D eigenvalue weighted by Gasteiger charge is 2.19. The molecule has 1 saturated heterocycles. The van der Waals surface area contributed by atoms with E-state index in [4.69, 9.17) is 15.2 Å². The van der Waals surface area contributed by atoms with Gasteiger partial charge in [0.05, 0.1) is 12.7 Å². The highest BCUT2D eigenvalue weighted by molar-refractivity contribution is 5.40. The number of rotatable bonds is 5. The second-order valence-electron chi connectivity index (χ2n) is 5.63. The van der Waals surface area contributed by atoms with Crippen LogP contribution >= 0.6 is 0 Å². The SMILES string of the molecule is N[C@H]1CCc2cc(OCCCC3CCCO3)ccc21. The number of fused-ring (bicyclic) bond motifs is 1. The maximum Gasteiger partial charge on any atom is 0.119 e. The molecule has 2 atom stereocenters.